The quantitative estimate of drug-likeness (QED) is 0.406. The first-order valence-electron chi connectivity index (χ1n) is 12.6. The van der Waals surface area contributed by atoms with Crippen LogP contribution >= 0.6 is 0 Å². The number of benzene rings is 3. The van der Waals surface area contributed by atoms with Gasteiger partial charge in [-0.25, -0.2) is 0 Å². The van der Waals surface area contributed by atoms with Crippen LogP contribution in [-0.4, -0.2) is 26.4 Å². The summed E-state index contributed by atoms with van der Waals surface area (Å²) in [4.78, 5) is 13.8. The molecule has 34 heavy (non-hydrogen) atoms. The average molecular weight is 472 g/mol. The highest BCUT2D eigenvalue weighted by Gasteiger charge is 2.48. The minimum Gasteiger partial charge on any atom is -0.391 e. The third-order valence-corrected chi connectivity index (χ3v) is 10.8. The van der Waals surface area contributed by atoms with Crippen LogP contribution in [0.2, 0.25) is 0 Å². The van der Waals surface area contributed by atoms with Crippen LogP contribution in [-0.2, 0) is 9.22 Å². The van der Waals surface area contributed by atoms with Crippen molar-refractivity contribution in [2.75, 3.05) is 0 Å². The minimum atomic E-state index is -2.99. The number of hydrogen-bond donors (Lipinski definition) is 1. The zero-order chi connectivity index (χ0) is 24.0. The van der Waals surface area contributed by atoms with Gasteiger partial charge in [0.1, 0.15) is 6.10 Å². The third-order valence-electron chi connectivity index (χ3n) is 6.81. The molecule has 3 aromatic carbocycles. The summed E-state index contributed by atoms with van der Waals surface area (Å²) in [5.74, 6) is 0.0130. The monoisotopic (exact) mass is 471 g/mol. The van der Waals surface area contributed by atoms with Gasteiger partial charge in [0.15, 0.2) is 0 Å². The van der Waals surface area contributed by atoms with Gasteiger partial charge in [0.25, 0.3) is 8.32 Å². The Labute approximate surface area is 205 Å². The van der Waals surface area contributed by atoms with E-state index in [2.05, 4.69) is 98.9 Å². The molecule has 0 aromatic heterocycles. The summed E-state index contributed by atoms with van der Waals surface area (Å²) in [6, 6.07) is 31.7. The minimum absolute atomic E-state index is 0.0130. The van der Waals surface area contributed by atoms with Gasteiger partial charge >= 0.3 is 0 Å². The van der Waals surface area contributed by atoms with Crippen LogP contribution in [0.1, 0.15) is 52.9 Å². The molecule has 1 N–H and O–H groups in total. The fourth-order valence-electron chi connectivity index (χ4n) is 5.05. The standard InChI is InChI=1S/C30H37NO2Si/c1-30(2,3)28(29(32)31-24-16-8-4-9-17-24)33-34(25-18-10-5-11-19-25,26-20-12-6-13-21-26)27-22-14-7-15-23-27/h5-7,10-15,18-24,28H,4,8-9,16-17H2,1-3H3,(H,31,32). The lowest BCUT2D eigenvalue weighted by molar-refractivity contribution is -0.133. The number of rotatable bonds is 7. The Hall–Kier alpha value is -2.69. The van der Waals surface area contributed by atoms with E-state index in [-0.39, 0.29) is 17.4 Å². The molecular formula is C30H37NO2Si. The molecule has 1 fully saturated rings. The Kier molecular flexibility index (Phi) is 7.69. The summed E-state index contributed by atoms with van der Waals surface area (Å²) in [6.45, 7) is 6.33. The molecule has 0 bridgehead atoms. The van der Waals surface area contributed by atoms with E-state index in [0.717, 1.165) is 28.4 Å². The lowest BCUT2D eigenvalue weighted by Crippen LogP contribution is -2.72. The van der Waals surface area contributed by atoms with Gasteiger partial charge in [-0.2, -0.15) is 0 Å². The van der Waals surface area contributed by atoms with Gasteiger partial charge in [0, 0.05) is 6.04 Å². The Balaban J connectivity index is 1.84. The Morgan fingerprint density at radius 2 is 1.18 bits per heavy atom. The number of carbonyl (C=O) groups is 1. The first-order chi connectivity index (χ1) is 16.4. The van der Waals surface area contributed by atoms with Crippen LogP contribution < -0.4 is 20.9 Å². The van der Waals surface area contributed by atoms with Crippen molar-refractivity contribution in [3.8, 4) is 0 Å². The van der Waals surface area contributed by atoms with E-state index in [1.807, 2.05) is 18.2 Å². The smallest absolute Gasteiger partial charge is 0.289 e. The van der Waals surface area contributed by atoms with Crippen LogP contribution in [0.4, 0.5) is 0 Å². The van der Waals surface area contributed by atoms with Crippen molar-refractivity contribution in [3.05, 3.63) is 91.0 Å². The molecule has 0 heterocycles. The van der Waals surface area contributed by atoms with Crippen molar-refractivity contribution in [2.45, 2.75) is 65.0 Å². The first kappa shape index (κ1) is 24.4. The van der Waals surface area contributed by atoms with Crippen molar-refractivity contribution in [1.82, 2.24) is 5.32 Å². The molecule has 0 saturated heterocycles. The lowest BCUT2D eigenvalue weighted by Gasteiger charge is -2.41. The molecule has 1 saturated carbocycles. The maximum atomic E-state index is 13.8. The first-order valence-corrected chi connectivity index (χ1v) is 14.5. The molecule has 0 aliphatic heterocycles. The lowest BCUT2D eigenvalue weighted by atomic mass is 9.88. The van der Waals surface area contributed by atoms with Crippen molar-refractivity contribution in [2.24, 2.45) is 5.41 Å². The second kappa shape index (κ2) is 10.7. The highest BCUT2D eigenvalue weighted by Crippen LogP contribution is 2.27. The molecule has 178 valence electrons. The van der Waals surface area contributed by atoms with Gasteiger partial charge < -0.3 is 9.74 Å². The fraction of sp³-hybridized carbons (Fsp3) is 0.367. The Morgan fingerprint density at radius 3 is 1.56 bits per heavy atom. The van der Waals surface area contributed by atoms with Gasteiger partial charge in [0.2, 0.25) is 5.91 Å². The molecule has 1 atom stereocenters. The maximum absolute atomic E-state index is 13.8. The van der Waals surface area contributed by atoms with E-state index < -0.39 is 14.4 Å². The van der Waals surface area contributed by atoms with Crippen molar-refractivity contribution in [3.63, 3.8) is 0 Å². The summed E-state index contributed by atoms with van der Waals surface area (Å²) < 4.78 is 7.29. The van der Waals surface area contributed by atoms with E-state index >= 15 is 0 Å². The predicted molar refractivity (Wildman–Crippen MR) is 143 cm³/mol. The Bertz CT molecular complexity index is 945. The van der Waals surface area contributed by atoms with Crippen LogP contribution in [0.3, 0.4) is 0 Å². The molecule has 3 nitrogen and oxygen atoms in total. The molecule has 1 unspecified atom stereocenters. The van der Waals surface area contributed by atoms with Crippen LogP contribution in [0.5, 0.6) is 0 Å². The molecule has 0 spiro atoms. The third kappa shape index (κ3) is 5.34. The zero-order valence-electron chi connectivity index (χ0n) is 20.7. The highest BCUT2D eigenvalue weighted by molar-refractivity contribution is 7.07. The summed E-state index contributed by atoms with van der Waals surface area (Å²) in [7, 11) is -2.99. The summed E-state index contributed by atoms with van der Waals surface area (Å²) >= 11 is 0. The van der Waals surface area contributed by atoms with Crippen molar-refractivity contribution in [1.29, 1.82) is 0 Å². The number of nitrogens with one attached hydrogen (secondary N) is 1. The zero-order valence-corrected chi connectivity index (χ0v) is 21.7. The molecule has 1 aliphatic rings. The molecule has 4 rings (SSSR count). The molecule has 1 aliphatic carbocycles. The van der Waals surface area contributed by atoms with E-state index in [9.17, 15) is 4.79 Å². The largest absolute Gasteiger partial charge is 0.391 e. The summed E-state index contributed by atoms with van der Waals surface area (Å²) in [5, 5.41) is 6.80. The van der Waals surface area contributed by atoms with E-state index in [0.29, 0.717) is 0 Å². The molecule has 3 aromatic rings. The van der Waals surface area contributed by atoms with Crippen LogP contribution in [0.25, 0.3) is 0 Å². The van der Waals surface area contributed by atoms with E-state index in [4.69, 9.17) is 4.43 Å². The second-order valence-electron chi connectivity index (χ2n) is 10.5. The van der Waals surface area contributed by atoms with E-state index in [1.54, 1.807) is 0 Å². The van der Waals surface area contributed by atoms with Gasteiger partial charge in [-0.05, 0) is 33.8 Å². The molecule has 1 amide bonds. The van der Waals surface area contributed by atoms with Crippen LogP contribution in [0, 0.1) is 5.41 Å². The van der Waals surface area contributed by atoms with Gasteiger partial charge in [-0.15, -0.1) is 0 Å². The van der Waals surface area contributed by atoms with Crippen molar-refractivity contribution >= 4 is 29.8 Å². The highest BCUT2D eigenvalue weighted by atomic mass is 28.4. The van der Waals surface area contributed by atoms with E-state index in [1.165, 1.54) is 19.3 Å². The summed E-state index contributed by atoms with van der Waals surface area (Å²) in [5.41, 5.74) is -0.366. The number of amides is 1. The van der Waals surface area contributed by atoms with Crippen molar-refractivity contribution < 1.29 is 9.22 Å². The number of hydrogen-bond acceptors (Lipinski definition) is 2. The summed E-state index contributed by atoms with van der Waals surface area (Å²) in [6.07, 6.45) is 5.16. The fourth-order valence-corrected chi connectivity index (χ4v) is 9.25. The molecule has 4 heteroatoms. The second-order valence-corrected chi connectivity index (χ2v) is 13.8. The molecule has 0 radical (unpaired) electrons. The predicted octanol–water partition coefficient (Wildman–Crippen LogP) is 4.53. The van der Waals surface area contributed by atoms with Gasteiger partial charge in [-0.1, -0.05) is 131 Å². The topological polar surface area (TPSA) is 38.3 Å². The van der Waals surface area contributed by atoms with Gasteiger partial charge in [-0.3, -0.25) is 4.79 Å². The SMILES string of the molecule is CC(C)(C)C(O[Si](c1ccccc1)(c1ccccc1)c1ccccc1)C(=O)NC1CCCCC1. The average Bonchev–Trinajstić information content (AvgIpc) is 2.86. The number of carbonyl (C=O) groups excluding carboxylic acids is 1. The maximum Gasteiger partial charge on any atom is 0.289 e. The normalized spacial score (nSPS) is 16.1. The van der Waals surface area contributed by atoms with Gasteiger partial charge in [0.05, 0.1) is 0 Å². The van der Waals surface area contributed by atoms with Crippen LogP contribution in [0.15, 0.2) is 91.0 Å². The molecular weight excluding hydrogens is 434 g/mol. The Morgan fingerprint density at radius 1 is 0.765 bits per heavy atom.